The summed E-state index contributed by atoms with van der Waals surface area (Å²) in [6.07, 6.45) is 1.57. The molecule has 0 atom stereocenters. The van der Waals surface area contributed by atoms with E-state index in [4.69, 9.17) is 0 Å². The second kappa shape index (κ2) is 6.13. The molecule has 2 heterocycles. The highest BCUT2D eigenvalue weighted by molar-refractivity contribution is 7.90. The van der Waals surface area contributed by atoms with Crippen molar-refractivity contribution in [2.24, 2.45) is 7.05 Å². The minimum absolute atomic E-state index is 0.0891. The number of nitrogens with zero attached hydrogens (tertiary/aromatic N) is 5. The van der Waals surface area contributed by atoms with Crippen molar-refractivity contribution in [3.05, 3.63) is 36.0 Å². The molecule has 3 rings (SSSR count). The third-order valence-corrected chi connectivity index (χ3v) is 4.58. The summed E-state index contributed by atoms with van der Waals surface area (Å²) in [4.78, 5) is 19.4. The molecule has 9 nitrogen and oxygen atoms in total. The van der Waals surface area contributed by atoms with Crippen LogP contribution in [-0.4, -0.2) is 45.4 Å². The van der Waals surface area contributed by atoms with Gasteiger partial charge in [0.15, 0.2) is 11.6 Å². The zero-order valence-electron chi connectivity index (χ0n) is 13.8. The predicted octanol–water partition coefficient (Wildman–Crippen LogP) is 0.948. The van der Waals surface area contributed by atoms with Gasteiger partial charge >= 0.3 is 0 Å². The topological polar surface area (TPSA) is 112 Å². The van der Waals surface area contributed by atoms with E-state index in [0.717, 1.165) is 11.8 Å². The van der Waals surface area contributed by atoms with E-state index in [1.807, 2.05) is 30.3 Å². The summed E-state index contributed by atoms with van der Waals surface area (Å²) in [6, 6.07) is 9.24. The number of rotatable bonds is 5. The lowest BCUT2D eigenvalue weighted by Gasteiger charge is -2.07. The third-order valence-electron chi connectivity index (χ3n) is 3.55. The lowest BCUT2D eigenvalue weighted by molar-refractivity contribution is -0.105. The molecule has 0 aliphatic carbocycles. The first-order valence-electron chi connectivity index (χ1n) is 7.29. The molecule has 0 aliphatic heterocycles. The van der Waals surface area contributed by atoms with Crippen LogP contribution in [0.4, 0.5) is 5.95 Å². The van der Waals surface area contributed by atoms with Gasteiger partial charge in [0.1, 0.15) is 0 Å². The first kappa shape index (κ1) is 16.8. The van der Waals surface area contributed by atoms with Crippen molar-refractivity contribution in [3.8, 4) is 17.2 Å². The van der Waals surface area contributed by atoms with Crippen molar-refractivity contribution in [2.45, 2.75) is 12.1 Å². The van der Waals surface area contributed by atoms with Gasteiger partial charge in [-0.05, 0) is 6.92 Å². The minimum Gasteiger partial charge on any atom is -0.303 e. The van der Waals surface area contributed by atoms with Crippen LogP contribution in [0.15, 0.2) is 35.5 Å². The smallest absolute Gasteiger partial charge is 0.234 e. The number of sulfone groups is 1. The predicted molar refractivity (Wildman–Crippen MR) is 91.1 cm³/mol. The van der Waals surface area contributed by atoms with Crippen LogP contribution in [0.25, 0.3) is 17.2 Å². The van der Waals surface area contributed by atoms with Crippen molar-refractivity contribution in [1.29, 1.82) is 0 Å². The molecule has 0 radical (unpaired) electrons. The maximum atomic E-state index is 11.9. The molecular weight excluding hydrogens is 344 g/mol. The largest absolute Gasteiger partial charge is 0.303 e. The number of benzene rings is 1. The summed E-state index contributed by atoms with van der Waals surface area (Å²) in [5, 5.41) is 6.81. The second-order valence-electron chi connectivity index (χ2n) is 5.43. The summed E-state index contributed by atoms with van der Waals surface area (Å²) >= 11 is 0. The van der Waals surface area contributed by atoms with Crippen LogP contribution in [0.5, 0.6) is 0 Å². The molecule has 1 N–H and O–H groups in total. The summed E-state index contributed by atoms with van der Waals surface area (Å²) in [5.74, 6) is 0.964. The SMILES string of the molecule is Cc1nc(S(C)(=O)=O)n(C)c1-n1nc(-c2ccccc2)nc1NC=O. The van der Waals surface area contributed by atoms with Crippen LogP contribution in [0.1, 0.15) is 5.69 Å². The van der Waals surface area contributed by atoms with Gasteiger partial charge in [-0.3, -0.25) is 10.1 Å². The van der Waals surface area contributed by atoms with Gasteiger partial charge in [0.2, 0.25) is 27.4 Å². The van der Waals surface area contributed by atoms with Gasteiger partial charge in [-0.25, -0.2) is 13.4 Å². The van der Waals surface area contributed by atoms with Crippen LogP contribution in [-0.2, 0) is 21.7 Å². The highest BCUT2D eigenvalue weighted by Gasteiger charge is 2.24. The number of aromatic nitrogens is 5. The number of carbonyl (C=O) groups excluding carboxylic acids is 1. The Balaban J connectivity index is 2.22. The number of hydrogen-bond donors (Lipinski definition) is 1. The molecule has 2 aromatic heterocycles. The molecule has 0 fully saturated rings. The van der Waals surface area contributed by atoms with E-state index in [0.29, 0.717) is 23.7 Å². The van der Waals surface area contributed by atoms with Crippen LogP contribution in [0.2, 0.25) is 0 Å². The molecule has 3 aromatic rings. The summed E-state index contributed by atoms with van der Waals surface area (Å²) in [7, 11) is -1.94. The quantitative estimate of drug-likeness (QED) is 0.678. The number of anilines is 1. The van der Waals surface area contributed by atoms with E-state index in [9.17, 15) is 13.2 Å². The van der Waals surface area contributed by atoms with Gasteiger partial charge in [-0.2, -0.15) is 9.67 Å². The van der Waals surface area contributed by atoms with Crippen molar-refractivity contribution >= 4 is 22.2 Å². The molecular formula is C15H16N6O3S. The highest BCUT2D eigenvalue weighted by atomic mass is 32.2. The van der Waals surface area contributed by atoms with Crippen molar-refractivity contribution in [1.82, 2.24) is 24.3 Å². The number of nitrogens with one attached hydrogen (secondary N) is 1. The number of aryl methyl sites for hydroxylation is 1. The van der Waals surface area contributed by atoms with Gasteiger partial charge < -0.3 is 4.57 Å². The van der Waals surface area contributed by atoms with E-state index in [-0.39, 0.29) is 11.1 Å². The minimum atomic E-state index is -3.51. The monoisotopic (exact) mass is 360 g/mol. The Hall–Kier alpha value is -3.01. The first-order valence-corrected chi connectivity index (χ1v) is 9.18. The molecule has 0 saturated carbocycles. The maximum absolute atomic E-state index is 11.9. The summed E-state index contributed by atoms with van der Waals surface area (Å²) in [5.41, 5.74) is 1.21. The standard InChI is InChI=1S/C15H16N6O3S/c1-10-13(20(2)15(17-10)25(3,23)24)21-14(16-9-22)18-12(19-21)11-7-5-4-6-8-11/h4-9H,1-3H3,(H,16,18,19,22). The number of carbonyl (C=O) groups is 1. The van der Waals surface area contributed by atoms with E-state index in [1.165, 1.54) is 9.25 Å². The van der Waals surface area contributed by atoms with Crippen LogP contribution < -0.4 is 5.32 Å². The Bertz CT molecular complexity index is 1040. The van der Waals surface area contributed by atoms with Crippen LogP contribution in [0, 0.1) is 6.92 Å². The Kier molecular flexibility index (Phi) is 4.13. The fraction of sp³-hybridized carbons (Fsp3) is 0.200. The number of amides is 1. The van der Waals surface area contributed by atoms with Gasteiger partial charge in [0.25, 0.3) is 0 Å². The average Bonchev–Trinajstić information content (AvgIpc) is 3.09. The van der Waals surface area contributed by atoms with Gasteiger partial charge in [-0.1, -0.05) is 30.3 Å². The van der Waals surface area contributed by atoms with Crippen LogP contribution in [0.3, 0.4) is 0 Å². The van der Waals surface area contributed by atoms with E-state index in [2.05, 4.69) is 20.4 Å². The Morgan fingerprint density at radius 1 is 1.16 bits per heavy atom. The highest BCUT2D eigenvalue weighted by Crippen LogP contribution is 2.24. The zero-order chi connectivity index (χ0) is 18.2. The fourth-order valence-corrected chi connectivity index (χ4v) is 3.43. The molecule has 0 saturated heterocycles. The first-order chi connectivity index (χ1) is 11.8. The third kappa shape index (κ3) is 3.03. The van der Waals surface area contributed by atoms with Gasteiger partial charge in [0, 0.05) is 18.9 Å². The molecule has 0 bridgehead atoms. The molecule has 1 aromatic carbocycles. The lowest BCUT2D eigenvalue weighted by atomic mass is 10.2. The Morgan fingerprint density at radius 3 is 2.40 bits per heavy atom. The molecule has 0 spiro atoms. The summed E-state index contributed by atoms with van der Waals surface area (Å²) in [6.45, 7) is 1.67. The maximum Gasteiger partial charge on any atom is 0.234 e. The van der Waals surface area contributed by atoms with E-state index in [1.54, 1.807) is 14.0 Å². The second-order valence-corrected chi connectivity index (χ2v) is 7.34. The van der Waals surface area contributed by atoms with Crippen LogP contribution >= 0.6 is 0 Å². The molecule has 25 heavy (non-hydrogen) atoms. The van der Waals surface area contributed by atoms with E-state index < -0.39 is 9.84 Å². The van der Waals surface area contributed by atoms with Gasteiger partial charge in [-0.15, -0.1) is 5.10 Å². The number of imidazole rings is 1. The van der Waals surface area contributed by atoms with E-state index >= 15 is 0 Å². The number of hydrogen-bond acceptors (Lipinski definition) is 6. The molecule has 130 valence electrons. The molecule has 10 heteroatoms. The normalized spacial score (nSPS) is 11.5. The van der Waals surface area contributed by atoms with Gasteiger partial charge in [0.05, 0.1) is 5.69 Å². The summed E-state index contributed by atoms with van der Waals surface area (Å²) < 4.78 is 26.6. The van der Waals surface area contributed by atoms with Crippen molar-refractivity contribution in [2.75, 3.05) is 11.6 Å². The Labute approximate surface area is 144 Å². The Morgan fingerprint density at radius 2 is 1.84 bits per heavy atom. The average molecular weight is 360 g/mol. The zero-order valence-corrected chi connectivity index (χ0v) is 14.6. The van der Waals surface area contributed by atoms with Crippen molar-refractivity contribution in [3.63, 3.8) is 0 Å². The molecule has 0 aliphatic rings. The van der Waals surface area contributed by atoms with Crippen molar-refractivity contribution < 1.29 is 13.2 Å². The lowest BCUT2D eigenvalue weighted by Crippen LogP contribution is -2.12. The molecule has 1 amide bonds. The fourth-order valence-electron chi connectivity index (χ4n) is 2.54. The molecule has 0 unspecified atom stereocenters.